The molecule has 1 heterocycles. The van der Waals surface area contributed by atoms with Crippen molar-refractivity contribution in [2.24, 2.45) is 5.73 Å². The Balaban J connectivity index is 2.11. The van der Waals surface area contributed by atoms with E-state index in [4.69, 9.17) is 19.9 Å². The second-order valence-corrected chi connectivity index (χ2v) is 5.18. The first-order valence-electron chi connectivity index (χ1n) is 8.07. The molecule has 0 unspecified atom stereocenters. The van der Waals surface area contributed by atoms with Crippen LogP contribution in [-0.4, -0.2) is 63.3 Å². The number of piperidine rings is 1. The molecule has 1 aliphatic rings. The molecule has 0 bridgehead atoms. The zero-order chi connectivity index (χ0) is 14.6. The number of ether oxygens (including phenoxy) is 3. The molecular weight excluding hydrogens is 256 g/mol. The van der Waals surface area contributed by atoms with Gasteiger partial charge in [0.25, 0.3) is 0 Å². The van der Waals surface area contributed by atoms with Crippen LogP contribution in [0.25, 0.3) is 0 Å². The average molecular weight is 288 g/mol. The van der Waals surface area contributed by atoms with Gasteiger partial charge in [-0.25, -0.2) is 0 Å². The summed E-state index contributed by atoms with van der Waals surface area (Å²) in [6.45, 7) is 10.2. The minimum Gasteiger partial charge on any atom is -0.378 e. The number of hydrogen-bond donors (Lipinski definition) is 1. The van der Waals surface area contributed by atoms with Gasteiger partial charge in [-0.15, -0.1) is 0 Å². The van der Waals surface area contributed by atoms with E-state index in [9.17, 15) is 0 Å². The van der Waals surface area contributed by atoms with E-state index in [1.54, 1.807) is 0 Å². The van der Waals surface area contributed by atoms with Crippen molar-refractivity contribution in [1.82, 2.24) is 4.90 Å². The summed E-state index contributed by atoms with van der Waals surface area (Å²) in [6, 6.07) is 0. The van der Waals surface area contributed by atoms with E-state index in [-0.39, 0.29) is 6.29 Å². The molecule has 5 nitrogen and oxygen atoms in total. The minimum atomic E-state index is -0.0523. The van der Waals surface area contributed by atoms with Gasteiger partial charge in [0.05, 0.1) is 6.10 Å². The van der Waals surface area contributed by atoms with Crippen molar-refractivity contribution in [2.45, 2.75) is 51.9 Å². The highest BCUT2D eigenvalue weighted by Crippen LogP contribution is 2.15. The number of nitrogens with two attached hydrogens (primary N) is 1. The Morgan fingerprint density at radius 3 is 2.35 bits per heavy atom. The van der Waals surface area contributed by atoms with Gasteiger partial charge in [-0.05, 0) is 39.7 Å². The molecule has 1 saturated heterocycles. The van der Waals surface area contributed by atoms with Gasteiger partial charge in [0.1, 0.15) is 0 Å². The van der Waals surface area contributed by atoms with Crippen molar-refractivity contribution in [3.8, 4) is 0 Å². The van der Waals surface area contributed by atoms with Crippen molar-refractivity contribution in [1.29, 1.82) is 0 Å². The molecule has 1 fully saturated rings. The fourth-order valence-electron chi connectivity index (χ4n) is 2.51. The summed E-state index contributed by atoms with van der Waals surface area (Å²) < 4.78 is 17.0. The zero-order valence-electron chi connectivity index (χ0n) is 13.2. The van der Waals surface area contributed by atoms with E-state index in [1.807, 2.05) is 13.8 Å². The van der Waals surface area contributed by atoms with E-state index in [0.717, 1.165) is 58.5 Å². The molecule has 0 amide bonds. The second-order valence-electron chi connectivity index (χ2n) is 5.18. The van der Waals surface area contributed by atoms with Crippen molar-refractivity contribution >= 4 is 0 Å². The lowest BCUT2D eigenvalue weighted by Gasteiger charge is -2.32. The summed E-state index contributed by atoms with van der Waals surface area (Å²) in [7, 11) is 0. The Morgan fingerprint density at radius 1 is 1.15 bits per heavy atom. The molecule has 20 heavy (non-hydrogen) atoms. The van der Waals surface area contributed by atoms with Crippen LogP contribution in [0.1, 0.15) is 39.5 Å². The van der Waals surface area contributed by atoms with Gasteiger partial charge < -0.3 is 24.8 Å². The number of nitrogens with zero attached hydrogens (tertiary/aromatic N) is 1. The van der Waals surface area contributed by atoms with Crippen molar-refractivity contribution in [2.75, 3.05) is 46.0 Å². The lowest BCUT2D eigenvalue weighted by atomic mass is 10.1. The molecule has 0 aromatic heterocycles. The summed E-state index contributed by atoms with van der Waals surface area (Å²) in [5.41, 5.74) is 5.47. The van der Waals surface area contributed by atoms with Gasteiger partial charge in [-0.3, -0.25) is 0 Å². The van der Waals surface area contributed by atoms with Crippen LogP contribution >= 0.6 is 0 Å². The van der Waals surface area contributed by atoms with E-state index < -0.39 is 0 Å². The maximum atomic E-state index is 5.82. The van der Waals surface area contributed by atoms with E-state index in [2.05, 4.69) is 4.90 Å². The van der Waals surface area contributed by atoms with Gasteiger partial charge in [-0.2, -0.15) is 0 Å². The molecule has 0 aromatic rings. The highest BCUT2D eigenvalue weighted by molar-refractivity contribution is 4.72. The molecule has 1 rings (SSSR count). The predicted molar refractivity (Wildman–Crippen MR) is 80.7 cm³/mol. The molecule has 0 aliphatic carbocycles. The molecular formula is C15H32N2O3. The number of likely N-dealkylation sites (tertiary alicyclic amines) is 1. The normalized spacial score (nSPS) is 18.0. The summed E-state index contributed by atoms with van der Waals surface area (Å²) in [5.74, 6) is 0. The maximum absolute atomic E-state index is 5.82. The Kier molecular flexibility index (Phi) is 10.2. The van der Waals surface area contributed by atoms with Gasteiger partial charge in [0, 0.05) is 45.9 Å². The molecule has 0 saturated carbocycles. The predicted octanol–water partition coefficient (Wildman–Crippen LogP) is 1.61. The third kappa shape index (κ3) is 7.55. The Morgan fingerprint density at radius 2 is 1.80 bits per heavy atom. The number of hydrogen-bond acceptors (Lipinski definition) is 5. The van der Waals surface area contributed by atoms with Crippen LogP contribution in [0, 0.1) is 0 Å². The van der Waals surface area contributed by atoms with Gasteiger partial charge in [0.15, 0.2) is 6.29 Å². The summed E-state index contributed by atoms with van der Waals surface area (Å²) in [6.07, 6.45) is 4.53. The van der Waals surface area contributed by atoms with Gasteiger partial charge in [-0.1, -0.05) is 0 Å². The molecule has 0 atom stereocenters. The van der Waals surface area contributed by atoms with Crippen molar-refractivity contribution < 1.29 is 14.2 Å². The highest BCUT2D eigenvalue weighted by atomic mass is 16.7. The molecule has 0 aromatic carbocycles. The zero-order valence-corrected chi connectivity index (χ0v) is 13.2. The fourth-order valence-corrected chi connectivity index (χ4v) is 2.51. The molecule has 1 aliphatic heterocycles. The van der Waals surface area contributed by atoms with Crippen LogP contribution < -0.4 is 5.73 Å². The Bertz CT molecular complexity index is 215. The van der Waals surface area contributed by atoms with Crippen LogP contribution in [0.15, 0.2) is 0 Å². The number of rotatable bonds is 11. The average Bonchev–Trinajstić information content (AvgIpc) is 2.47. The summed E-state index contributed by atoms with van der Waals surface area (Å²) >= 11 is 0. The van der Waals surface area contributed by atoms with Crippen LogP contribution in [0.3, 0.4) is 0 Å². The van der Waals surface area contributed by atoms with Crippen molar-refractivity contribution in [3.05, 3.63) is 0 Å². The third-order valence-electron chi connectivity index (χ3n) is 3.62. The smallest absolute Gasteiger partial charge is 0.158 e. The van der Waals surface area contributed by atoms with Gasteiger partial charge in [0.2, 0.25) is 0 Å². The second kappa shape index (κ2) is 11.5. The Hall–Kier alpha value is -0.200. The SMILES string of the molecule is CCOC(CCN1CCC(OCCCN)CC1)OCC. The lowest BCUT2D eigenvalue weighted by molar-refractivity contribution is -0.142. The topological polar surface area (TPSA) is 57.0 Å². The largest absolute Gasteiger partial charge is 0.378 e. The van der Waals surface area contributed by atoms with Crippen LogP contribution in [0.5, 0.6) is 0 Å². The van der Waals surface area contributed by atoms with E-state index in [1.165, 1.54) is 0 Å². The van der Waals surface area contributed by atoms with Crippen LogP contribution in [0.4, 0.5) is 0 Å². The van der Waals surface area contributed by atoms with Crippen molar-refractivity contribution in [3.63, 3.8) is 0 Å². The fraction of sp³-hybridized carbons (Fsp3) is 1.00. The molecule has 2 N–H and O–H groups in total. The highest BCUT2D eigenvalue weighted by Gasteiger charge is 2.20. The summed E-state index contributed by atoms with van der Waals surface area (Å²) in [5, 5.41) is 0. The van der Waals surface area contributed by atoms with Crippen LogP contribution in [-0.2, 0) is 14.2 Å². The van der Waals surface area contributed by atoms with E-state index >= 15 is 0 Å². The summed E-state index contributed by atoms with van der Waals surface area (Å²) in [4.78, 5) is 2.48. The monoisotopic (exact) mass is 288 g/mol. The first kappa shape index (κ1) is 17.9. The lowest BCUT2D eigenvalue weighted by Crippen LogP contribution is -2.39. The Labute approximate surface area is 123 Å². The molecule has 5 heteroatoms. The van der Waals surface area contributed by atoms with Gasteiger partial charge >= 0.3 is 0 Å². The quantitative estimate of drug-likeness (QED) is 0.462. The first-order valence-corrected chi connectivity index (χ1v) is 8.07. The van der Waals surface area contributed by atoms with E-state index in [0.29, 0.717) is 19.3 Å². The molecule has 0 spiro atoms. The molecule has 120 valence electrons. The molecule has 0 radical (unpaired) electrons. The minimum absolute atomic E-state index is 0.0523. The first-order chi connectivity index (χ1) is 9.80. The standard InChI is InChI=1S/C15H32N2O3/c1-3-18-15(19-4-2)8-12-17-10-6-14(7-11-17)20-13-5-9-16/h14-15H,3-13,16H2,1-2H3. The third-order valence-corrected chi connectivity index (χ3v) is 3.62. The van der Waals surface area contributed by atoms with Crippen LogP contribution in [0.2, 0.25) is 0 Å². The maximum Gasteiger partial charge on any atom is 0.158 e.